The minimum Gasteiger partial charge on any atom is -0.379 e. The third kappa shape index (κ3) is 7.94. The van der Waals surface area contributed by atoms with Gasteiger partial charge in [0, 0.05) is 6.61 Å². The van der Waals surface area contributed by atoms with Crippen molar-refractivity contribution < 1.29 is 4.74 Å². The van der Waals surface area contributed by atoms with Crippen molar-refractivity contribution in [2.75, 3.05) is 26.2 Å². The quantitative estimate of drug-likeness (QED) is 0.577. The standard InChI is InChI=1S/C17H35NO/c1-15(2)17-9-12-18(13-10-17)11-7-5-6-8-14-19-16(3)4/h15-17H,5-14H2,1-4H3. The second-order valence-corrected chi connectivity index (χ2v) is 6.76. The lowest BCUT2D eigenvalue weighted by Crippen LogP contribution is -2.35. The molecule has 1 aliphatic heterocycles. The molecule has 0 amide bonds. The van der Waals surface area contributed by atoms with E-state index in [1.807, 2.05) is 0 Å². The molecule has 1 rings (SSSR count). The second kappa shape index (κ2) is 9.77. The predicted octanol–water partition coefficient (Wildman–Crippen LogP) is 4.34. The Bertz CT molecular complexity index is 207. The maximum Gasteiger partial charge on any atom is 0.0518 e. The first-order chi connectivity index (χ1) is 9.09. The van der Waals surface area contributed by atoms with Crippen LogP contribution in [0.5, 0.6) is 0 Å². The number of piperidine rings is 1. The maximum absolute atomic E-state index is 5.56. The molecule has 0 atom stereocenters. The highest BCUT2D eigenvalue weighted by atomic mass is 16.5. The van der Waals surface area contributed by atoms with Gasteiger partial charge in [0.2, 0.25) is 0 Å². The Morgan fingerprint density at radius 1 is 0.947 bits per heavy atom. The van der Waals surface area contributed by atoms with E-state index in [2.05, 4.69) is 32.6 Å². The zero-order valence-corrected chi connectivity index (χ0v) is 13.7. The Hall–Kier alpha value is -0.0800. The Labute approximate surface area is 120 Å². The van der Waals surface area contributed by atoms with Gasteiger partial charge in [0.25, 0.3) is 0 Å². The molecule has 0 aromatic rings. The summed E-state index contributed by atoms with van der Waals surface area (Å²) in [6, 6.07) is 0. The Kier molecular flexibility index (Phi) is 8.72. The zero-order valence-electron chi connectivity index (χ0n) is 13.7. The lowest BCUT2D eigenvalue weighted by molar-refractivity contribution is 0.0754. The number of ether oxygens (including phenoxy) is 1. The van der Waals surface area contributed by atoms with Gasteiger partial charge in [-0.25, -0.2) is 0 Å². The SMILES string of the molecule is CC(C)OCCCCCCN1CCC(C(C)C)CC1. The summed E-state index contributed by atoms with van der Waals surface area (Å²) in [5.74, 6) is 1.85. The molecule has 0 spiro atoms. The zero-order chi connectivity index (χ0) is 14.1. The van der Waals surface area contributed by atoms with Gasteiger partial charge in [0.1, 0.15) is 0 Å². The van der Waals surface area contributed by atoms with Gasteiger partial charge in [0.15, 0.2) is 0 Å². The van der Waals surface area contributed by atoms with E-state index >= 15 is 0 Å². The third-order valence-electron chi connectivity index (χ3n) is 4.39. The number of nitrogens with zero attached hydrogens (tertiary/aromatic N) is 1. The average Bonchev–Trinajstić information content (AvgIpc) is 2.38. The molecule has 2 heteroatoms. The summed E-state index contributed by atoms with van der Waals surface area (Å²) in [5.41, 5.74) is 0. The number of rotatable bonds is 9. The number of unbranched alkanes of at least 4 members (excludes halogenated alkanes) is 3. The summed E-state index contributed by atoms with van der Waals surface area (Å²) >= 11 is 0. The van der Waals surface area contributed by atoms with Crippen LogP contribution in [0.15, 0.2) is 0 Å². The monoisotopic (exact) mass is 269 g/mol. The van der Waals surface area contributed by atoms with Gasteiger partial charge in [-0.3, -0.25) is 0 Å². The first-order valence-electron chi connectivity index (χ1n) is 8.43. The van der Waals surface area contributed by atoms with E-state index in [-0.39, 0.29) is 0 Å². The molecule has 114 valence electrons. The van der Waals surface area contributed by atoms with Crippen molar-refractivity contribution in [1.29, 1.82) is 0 Å². The molecule has 1 heterocycles. The van der Waals surface area contributed by atoms with E-state index < -0.39 is 0 Å². The fraction of sp³-hybridized carbons (Fsp3) is 1.00. The molecule has 0 bridgehead atoms. The smallest absolute Gasteiger partial charge is 0.0518 e. The minimum atomic E-state index is 0.391. The molecular formula is C17H35NO. The molecule has 0 aromatic carbocycles. The summed E-state index contributed by atoms with van der Waals surface area (Å²) in [7, 11) is 0. The molecule has 0 saturated carbocycles. The van der Waals surface area contributed by atoms with Crippen molar-refractivity contribution in [2.45, 2.75) is 72.3 Å². The molecule has 0 unspecified atom stereocenters. The summed E-state index contributed by atoms with van der Waals surface area (Å²) in [6.45, 7) is 13.9. The van der Waals surface area contributed by atoms with Gasteiger partial charge >= 0.3 is 0 Å². The summed E-state index contributed by atoms with van der Waals surface area (Å²) in [4.78, 5) is 2.67. The Balaban J connectivity index is 1.91. The van der Waals surface area contributed by atoms with Gasteiger partial charge in [-0.15, -0.1) is 0 Å². The molecule has 1 aliphatic rings. The van der Waals surface area contributed by atoms with E-state index in [9.17, 15) is 0 Å². The van der Waals surface area contributed by atoms with Crippen LogP contribution in [-0.2, 0) is 4.74 Å². The number of hydrogen-bond acceptors (Lipinski definition) is 2. The summed E-state index contributed by atoms with van der Waals surface area (Å²) in [6.07, 6.45) is 8.52. The first-order valence-corrected chi connectivity index (χ1v) is 8.43. The second-order valence-electron chi connectivity index (χ2n) is 6.76. The van der Waals surface area contributed by atoms with Crippen LogP contribution in [0.1, 0.15) is 66.2 Å². The van der Waals surface area contributed by atoms with Crippen molar-refractivity contribution in [3.05, 3.63) is 0 Å². The topological polar surface area (TPSA) is 12.5 Å². The normalized spacial score (nSPS) is 18.6. The minimum absolute atomic E-state index is 0.391. The number of hydrogen-bond donors (Lipinski definition) is 0. The van der Waals surface area contributed by atoms with Gasteiger partial charge in [0.05, 0.1) is 6.10 Å². The molecule has 1 fully saturated rings. The van der Waals surface area contributed by atoms with E-state index in [1.54, 1.807) is 0 Å². The average molecular weight is 269 g/mol. The highest BCUT2D eigenvalue weighted by Crippen LogP contribution is 2.24. The Morgan fingerprint density at radius 3 is 2.16 bits per heavy atom. The molecule has 0 N–H and O–H groups in total. The molecular weight excluding hydrogens is 234 g/mol. The molecule has 2 nitrogen and oxygen atoms in total. The lowest BCUT2D eigenvalue weighted by Gasteiger charge is -2.33. The molecule has 19 heavy (non-hydrogen) atoms. The van der Waals surface area contributed by atoms with Gasteiger partial charge in [-0.05, 0) is 71.0 Å². The highest BCUT2D eigenvalue weighted by molar-refractivity contribution is 4.74. The van der Waals surface area contributed by atoms with Crippen LogP contribution in [0.4, 0.5) is 0 Å². The fourth-order valence-electron chi connectivity index (χ4n) is 2.95. The van der Waals surface area contributed by atoms with Gasteiger partial charge in [-0.2, -0.15) is 0 Å². The lowest BCUT2D eigenvalue weighted by atomic mass is 9.87. The molecule has 1 saturated heterocycles. The van der Waals surface area contributed by atoms with E-state index in [0.29, 0.717) is 6.10 Å². The fourth-order valence-corrected chi connectivity index (χ4v) is 2.95. The van der Waals surface area contributed by atoms with Crippen LogP contribution in [0.3, 0.4) is 0 Å². The molecule has 0 radical (unpaired) electrons. The van der Waals surface area contributed by atoms with Crippen LogP contribution in [0.25, 0.3) is 0 Å². The van der Waals surface area contributed by atoms with Crippen molar-refractivity contribution in [2.24, 2.45) is 11.8 Å². The van der Waals surface area contributed by atoms with Crippen molar-refractivity contribution in [1.82, 2.24) is 4.90 Å². The third-order valence-corrected chi connectivity index (χ3v) is 4.39. The Morgan fingerprint density at radius 2 is 1.58 bits per heavy atom. The van der Waals surface area contributed by atoms with E-state index in [4.69, 9.17) is 4.74 Å². The van der Waals surface area contributed by atoms with Crippen molar-refractivity contribution in [3.8, 4) is 0 Å². The summed E-state index contributed by atoms with van der Waals surface area (Å²) in [5, 5.41) is 0. The van der Waals surface area contributed by atoms with Crippen LogP contribution in [0.2, 0.25) is 0 Å². The molecule has 0 aliphatic carbocycles. The van der Waals surface area contributed by atoms with Crippen LogP contribution in [0, 0.1) is 11.8 Å². The van der Waals surface area contributed by atoms with Gasteiger partial charge in [-0.1, -0.05) is 26.7 Å². The van der Waals surface area contributed by atoms with Crippen molar-refractivity contribution >= 4 is 0 Å². The van der Waals surface area contributed by atoms with Crippen LogP contribution >= 0.6 is 0 Å². The largest absolute Gasteiger partial charge is 0.379 e. The number of likely N-dealkylation sites (tertiary alicyclic amines) is 1. The highest BCUT2D eigenvalue weighted by Gasteiger charge is 2.20. The maximum atomic E-state index is 5.56. The van der Waals surface area contributed by atoms with Crippen LogP contribution < -0.4 is 0 Å². The van der Waals surface area contributed by atoms with Gasteiger partial charge < -0.3 is 9.64 Å². The van der Waals surface area contributed by atoms with E-state index in [0.717, 1.165) is 18.4 Å². The molecule has 0 aromatic heterocycles. The first kappa shape index (κ1) is 17.0. The van der Waals surface area contributed by atoms with E-state index in [1.165, 1.54) is 58.2 Å². The van der Waals surface area contributed by atoms with Crippen LogP contribution in [-0.4, -0.2) is 37.2 Å². The van der Waals surface area contributed by atoms with Crippen molar-refractivity contribution in [3.63, 3.8) is 0 Å². The predicted molar refractivity (Wildman–Crippen MR) is 83.6 cm³/mol. The summed E-state index contributed by atoms with van der Waals surface area (Å²) < 4.78 is 5.56.